The molecule has 1 heterocycles. The third-order valence-corrected chi connectivity index (χ3v) is 5.09. The summed E-state index contributed by atoms with van der Waals surface area (Å²) in [4.78, 5) is 11.9. The number of aromatic nitrogens is 2. The van der Waals surface area contributed by atoms with Crippen LogP contribution in [0.25, 0.3) is 22.3 Å². The van der Waals surface area contributed by atoms with Crippen molar-refractivity contribution in [2.75, 3.05) is 11.9 Å². The second kappa shape index (κ2) is 7.49. The minimum atomic E-state index is 0.744. The number of fused-ring (bicyclic) bond motifs is 1. The molecule has 3 nitrogen and oxygen atoms in total. The summed E-state index contributed by atoms with van der Waals surface area (Å²) in [6.45, 7) is 2.89. The van der Waals surface area contributed by atoms with Crippen LogP contribution in [0.5, 0.6) is 0 Å². The predicted molar refractivity (Wildman–Crippen MR) is 116 cm³/mol. The average molecular weight is 418 g/mol. The zero-order chi connectivity index (χ0) is 18.8. The van der Waals surface area contributed by atoms with E-state index >= 15 is 0 Å². The predicted octanol–water partition coefficient (Wildman–Crippen LogP) is 6.00. The second-order valence-corrected chi connectivity index (χ2v) is 7.66. The van der Waals surface area contributed by atoms with Crippen LogP contribution in [0.4, 0.5) is 5.82 Å². The normalized spacial score (nSPS) is 10.9. The molecule has 4 rings (SSSR count). The minimum absolute atomic E-state index is 0.744. The van der Waals surface area contributed by atoms with Crippen LogP contribution in [0.3, 0.4) is 0 Å². The summed E-state index contributed by atoms with van der Waals surface area (Å²) in [6, 6.07) is 24.9. The van der Waals surface area contributed by atoms with E-state index in [-0.39, 0.29) is 0 Å². The van der Waals surface area contributed by atoms with Crippen LogP contribution in [-0.2, 0) is 6.54 Å². The van der Waals surface area contributed by atoms with Crippen molar-refractivity contribution < 1.29 is 0 Å². The Hall–Kier alpha value is -2.72. The maximum absolute atomic E-state index is 4.94. The third kappa shape index (κ3) is 3.86. The van der Waals surface area contributed by atoms with E-state index in [4.69, 9.17) is 9.97 Å². The molecule has 3 aromatic carbocycles. The lowest BCUT2D eigenvalue weighted by molar-refractivity contribution is 0.901. The van der Waals surface area contributed by atoms with Crippen molar-refractivity contribution in [2.24, 2.45) is 0 Å². The molecule has 0 aliphatic heterocycles. The van der Waals surface area contributed by atoms with Crippen LogP contribution < -0.4 is 4.90 Å². The Morgan fingerprint density at radius 1 is 0.889 bits per heavy atom. The molecule has 4 aromatic rings. The summed E-state index contributed by atoms with van der Waals surface area (Å²) in [7, 11) is 2.09. The molecule has 0 saturated heterocycles. The van der Waals surface area contributed by atoms with Gasteiger partial charge in [-0.15, -0.1) is 0 Å². The molecule has 4 heteroatoms. The molecule has 1 aromatic heterocycles. The van der Waals surface area contributed by atoms with Gasteiger partial charge in [0.05, 0.1) is 5.52 Å². The second-order valence-electron chi connectivity index (χ2n) is 6.74. The smallest absolute Gasteiger partial charge is 0.162 e. The van der Waals surface area contributed by atoms with Gasteiger partial charge in [-0.3, -0.25) is 0 Å². The van der Waals surface area contributed by atoms with Crippen molar-refractivity contribution >= 4 is 32.7 Å². The number of anilines is 1. The van der Waals surface area contributed by atoms with Gasteiger partial charge in [-0.25, -0.2) is 9.97 Å². The molecule has 0 saturated carbocycles. The van der Waals surface area contributed by atoms with E-state index in [1.165, 1.54) is 11.1 Å². The summed E-state index contributed by atoms with van der Waals surface area (Å²) in [5, 5.41) is 1.08. The van der Waals surface area contributed by atoms with Crippen molar-refractivity contribution in [1.29, 1.82) is 0 Å². The van der Waals surface area contributed by atoms with Gasteiger partial charge in [0.25, 0.3) is 0 Å². The van der Waals surface area contributed by atoms with E-state index in [1.54, 1.807) is 0 Å². The van der Waals surface area contributed by atoms with Crippen molar-refractivity contribution in [1.82, 2.24) is 9.97 Å². The van der Waals surface area contributed by atoms with Gasteiger partial charge in [-0.05, 0) is 36.8 Å². The van der Waals surface area contributed by atoms with Crippen molar-refractivity contribution in [3.05, 3.63) is 88.4 Å². The zero-order valence-corrected chi connectivity index (χ0v) is 16.9. The van der Waals surface area contributed by atoms with Crippen LogP contribution in [0.15, 0.2) is 77.3 Å². The molecule has 0 spiro atoms. The van der Waals surface area contributed by atoms with E-state index in [1.807, 2.05) is 30.3 Å². The molecule has 0 radical (unpaired) electrons. The molecule has 27 heavy (non-hydrogen) atoms. The quantitative estimate of drug-likeness (QED) is 0.407. The van der Waals surface area contributed by atoms with Gasteiger partial charge in [-0.1, -0.05) is 70.0 Å². The van der Waals surface area contributed by atoms with Crippen molar-refractivity contribution in [3.8, 4) is 11.4 Å². The Kier molecular flexibility index (Phi) is 4.90. The summed E-state index contributed by atoms with van der Waals surface area (Å²) in [5.41, 5.74) is 4.43. The zero-order valence-electron chi connectivity index (χ0n) is 15.4. The first-order valence-corrected chi connectivity index (χ1v) is 9.69. The highest BCUT2D eigenvalue weighted by atomic mass is 79.9. The number of nitrogens with zero attached hydrogens (tertiary/aromatic N) is 3. The highest BCUT2D eigenvalue weighted by Crippen LogP contribution is 2.29. The monoisotopic (exact) mass is 417 g/mol. The highest BCUT2D eigenvalue weighted by Gasteiger charge is 2.13. The van der Waals surface area contributed by atoms with Crippen molar-refractivity contribution in [3.63, 3.8) is 0 Å². The van der Waals surface area contributed by atoms with Crippen LogP contribution >= 0.6 is 15.9 Å². The van der Waals surface area contributed by atoms with Crippen LogP contribution in [-0.4, -0.2) is 17.0 Å². The first-order valence-electron chi connectivity index (χ1n) is 8.89. The molecule has 0 N–H and O–H groups in total. The van der Waals surface area contributed by atoms with Gasteiger partial charge < -0.3 is 4.90 Å². The third-order valence-electron chi connectivity index (χ3n) is 4.56. The van der Waals surface area contributed by atoms with E-state index < -0.39 is 0 Å². The first kappa shape index (κ1) is 17.7. The average Bonchev–Trinajstić information content (AvgIpc) is 2.68. The summed E-state index contributed by atoms with van der Waals surface area (Å²) in [5.74, 6) is 1.69. The van der Waals surface area contributed by atoms with Gasteiger partial charge in [0.2, 0.25) is 0 Å². The summed E-state index contributed by atoms with van der Waals surface area (Å²) < 4.78 is 1.05. The topological polar surface area (TPSA) is 29.0 Å². The molecule has 0 atom stereocenters. The minimum Gasteiger partial charge on any atom is -0.355 e. The lowest BCUT2D eigenvalue weighted by atomic mass is 10.1. The Morgan fingerprint density at radius 3 is 2.37 bits per heavy atom. The number of hydrogen-bond donors (Lipinski definition) is 0. The first-order chi connectivity index (χ1) is 13.1. The molecule has 134 valence electrons. The van der Waals surface area contributed by atoms with Crippen LogP contribution in [0.1, 0.15) is 11.1 Å². The van der Waals surface area contributed by atoms with Gasteiger partial charge in [-0.2, -0.15) is 0 Å². The lowest BCUT2D eigenvalue weighted by Crippen LogP contribution is -2.18. The van der Waals surface area contributed by atoms with E-state index in [9.17, 15) is 0 Å². The van der Waals surface area contributed by atoms with E-state index in [0.29, 0.717) is 0 Å². The Bertz CT molecular complexity index is 1080. The Labute approximate surface area is 167 Å². The maximum Gasteiger partial charge on any atom is 0.162 e. The number of rotatable bonds is 4. The number of hydrogen-bond acceptors (Lipinski definition) is 3. The van der Waals surface area contributed by atoms with Gasteiger partial charge >= 0.3 is 0 Å². The summed E-state index contributed by atoms with van der Waals surface area (Å²) >= 11 is 3.49. The van der Waals surface area contributed by atoms with Gasteiger partial charge in [0.15, 0.2) is 5.82 Å². The van der Waals surface area contributed by atoms with E-state index in [2.05, 4.69) is 77.3 Å². The van der Waals surface area contributed by atoms with Crippen LogP contribution in [0.2, 0.25) is 0 Å². The van der Waals surface area contributed by atoms with Gasteiger partial charge in [0, 0.05) is 29.0 Å². The molecule has 0 amide bonds. The Balaban J connectivity index is 1.83. The lowest BCUT2D eigenvalue weighted by Gasteiger charge is -2.21. The Morgan fingerprint density at radius 2 is 1.63 bits per heavy atom. The standard InChI is InChI=1S/C23H20BrN3/c1-16-8-13-21-20(14-16)23(27(2)15-17-6-4-3-5-7-17)26-22(25-21)18-9-11-19(24)12-10-18/h3-14H,15H2,1-2H3. The number of benzene rings is 3. The molecule has 0 bridgehead atoms. The van der Waals surface area contributed by atoms with Gasteiger partial charge in [0.1, 0.15) is 5.82 Å². The molecule has 0 unspecified atom stereocenters. The van der Waals surface area contributed by atoms with E-state index in [0.717, 1.165) is 39.1 Å². The van der Waals surface area contributed by atoms with Crippen molar-refractivity contribution in [2.45, 2.75) is 13.5 Å². The highest BCUT2D eigenvalue weighted by molar-refractivity contribution is 9.10. The SMILES string of the molecule is Cc1ccc2nc(-c3ccc(Br)cc3)nc(N(C)Cc3ccccc3)c2c1. The summed E-state index contributed by atoms with van der Waals surface area (Å²) in [6.07, 6.45) is 0. The fourth-order valence-electron chi connectivity index (χ4n) is 3.18. The fraction of sp³-hybridized carbons (Fsp3) is 0.130. The number of aryl methyl sites for hydroxylation is 1. The van der Waals surface area contributed by atoms with Crippen LogP contribution in [0, 0.1) is 6.92 Å². The molecular weight excluding hydrogens is 398 g/mol. The molecule has 0 aliphatic carbocycles. The molecule has 0 fully saturated rings. The number of halogens is 1. The molecular formula is C23H20BrN3. The maximum atomic E-state index is 4.94. The largest absolute Gasteiger partial charge is 0.355 e. The fourth-order valence-corrected chi connectivity index (χ4v) is 3.44. The molecule has 0 aliphatic rings.